The number of hydrogen-bond donors (Lipinski definition) is 1. The minimum absolute atomic E-state index is 0.147. The molecule has 1 N–H and O–H groups in total. The van der Waals surface area contributed by atoms with Crippen LogP contribution in [0.5, 0.6) is 5.75 Å². The SMILES string of the molecule is Oc1ccc(C2(c3ccc(C4CC4)cc3)CCCCC2)cc1. The fraction of sp³-hybridized carbons (Fsp3) is 0.429. The first-order valence-corrected chi connectivity index (χ1v) is 8.68. The summed E-state index contributed by atoms with van der Waals surface area (Å²) in [4.78, 5) is 0. The highest BCUT2D eigenvalue weighted by Gasteiger charge is 2.36. The Morgan fingerprint density at radius 2 is 1.27 bits per heavy atom. The summed E-state index contributed by atoms with van der Waals surface area (Å²) in [5, 5.41) is 9.61. The Labute approximate surface area is 133 Å². The minimum atomic E-state index is 0.147. The predicted octanol–water partition coefficient (Wildman–Crippen LogP) is 5.52. The smallest absolute Gasteiger partial charge is 0.115 e. The lowest BCUT2D eigenvalue weighted by atomic mass is 9.65. The fourth-order valence-electron chi connectivity index (χ4n) is 4.17. The van der Waals surface area contributed by atoms with Crippen molar-refractivity contribution in [1.29, 1.82) is 0 Å². The molecule has 0 bridgehead atoms. The third kappa shape index (κ3) is 2.43. The topological polar surface area (TPSA) is 20.2 Å². The molecule has 1 heteroatoms. The van der Waals surface area contributed by atoms with E-state index in [1.54, 1.807) is 0 Å². The summed E-state index contributed by atoms with van der Waals surface area (Å²) >= 11 is 0. The van der Waals surface area contributed by atoms with Crippen LogP contribution < -0.4 is 0 Å². The van der Waals surface area contributed by atoms with Crippen LogP contribution in [0.25, 0.3) is 0 Å². The van der Waals surface area contributed by atoms with Crippen molar-refractivity contribution in [3.05, 3.63) is 65.2 Å². The number of rotatable bonds is 3. The summed E-state index contributed by atoms with van der Waals surface area (Å²) in [6.07, 6.45) is 9.11. The standard InChI is InChI=1S/C21H24O/c22-20-12-10-19(11-13-20)21(14-2-1-3-15-21)18-8-6-17(7-9-18)16-4-5-16/h6-13,16,22H,1-5,14-15H2. The average molecular weight is 292 g/mol. The first-order chi connectivity index (χ1) is 10.8. The molecule has 0 atom stereocenters. The van der Waals surface area contributed by atoms with Gasteiger partial charge in [-0.1, -0.05) is 55.7 Å². The van der Waals surface area contributed by atoms with Crippen molar-refractivity contribution >= 4 is 0 Å². The van der Waals surface area contributed by atoms with Gasteiger partial charge in [0.05, 0.1) is 0 Å². The van der Waals surface area contributed by atoms with Crippen molar-refractivity contribution in [3.8, 4) is 5.75 Å². The van der Waals surface area contributed by atoms with Gasteiger partial charge in [0.2, 0.25) is 0 Å². The maximum atomic E-state index is 9.61. The molecule has 0 spiro atoms. The van der Waals surface area contributed by atoms with E-state index < -0.39 is 0 Å². The van der Waals surface area contributed by atoms with E-state index in [9.17, 15) is 5.11 Å². The predicted molar refractivity (Wildman–Crippen MR) is 90.4 cm³/mol. The first-order valence-electron chi connectivity index (χ1n) is 8.68. The second kappa shape index (κ2) is 5.46. The van der Waals surface area contributed by atoms with Gasteiger partial charge >= 0.3 is 0 Å². The summed E-state index contributed by atoms with van der Waals surface area (Å²) in [5.41, 5.74) is 4.49. The normalized spacial score (nSPS) is 20.7. The molecule has 22 heavy (non-hydrogen) atoms. The van der Waals surface area contributed by atoms with E-state index in [-0.39, 0.29) is 5.41 Å². The van der Waals surface area contributed by atoms with E-state index in [2.05, 4.69) is 36.4 Å². The van der Waals surface area contributed by atoms with Gasteiger partial charge in [0.25, 0.3) is 0 Å². The quantitative estimate of drug-likeness (QED) is 0.789. The fourth-order valence-corrected chi connectivity index (χ4v) is 4.17. The van der Waals surface area contributed by atoms with Crippen LogP contribution in [0.1, 0.15) is 67.6 Å². The van der Waals surface area contributed by atoms with Crippen molar-refractivity contribution in [2.24, 2.45) is 0 Å². The minimum Gasteiger partial charge on any atom is -0.508 e. The van der Waals surface area contributed by atoms with E-state index in [0.717, 1.165) is 5.92 Å². The Bertz CT molecular complexity index is 629. The van der Waals surface area contributed by atoms with Crippen LogP contribution in [0.3, 0.4) is 0 Å². The lowest BCUT2D eigenvalue weighted by Gasteiger charge is -2.38. The van der Waals surface area contributed by atoms with Gasteiger partial charge in [-0.25, -0.2) is 0 Å². The van der Waals surface area contributed by atoms with Gasteiger partial charge in [0.1, 0.15) is 5.75 Å². The van der Waals surface area contributed by atoms with Crippen LogP contribution in [-0.2, 0) is 5.41 Å². The molecule has 2 fully saturated rings. The van der Waals surface area contributed by atoms with E-state index >= 15 is 0 Å². The summed E-state index contributed by atoms with van der Waals surface area (Å²) in [6.45, 7) is 0. The van der Waals surface area contributed by atoms with Gasteiger partial charge in [-0.05, 0) is 60.4 Å². The Hall–Kier alpha value is -1.76. The van der Waals surface area contributed by atoms with Crippen molar-refractivity contribution in [2.45, 2.75) is 56.3 Å². The van der Waals surface area contributed by atoms with E-state index in [1.165, 1.54) is 61.6 Å². The average Bonchev–Trinajstić information content (AvgIpc) is 3.41. The summed E-state index contributed by atoms with van der Waals surface area (Å²) in [7, 11) is 0. The van der Waals surface area contributed by atoms with Crippen LogP contribution >= 0.6 is 0 Å². The number of phenols is 1. The van der Waals surface area contributed by atoms with Crippen molar-refractivity contribution in [1.82, 2.24) is 0 Å². The van der Waals surface area contributed by atoms with Crippen molar-refractivity contribution < 1.29 is 5.11 Å². The second-order valence-corrected chi connectivity index (χ2v) is 7.09. The molecule has 2 saturated carbocycles. The largest absolute Gasteiger partial charge is 0.508 e. The van der Waals surface area contributed by atoms with Gasteiger partial charge in [0.15, 0.2) is 0 Å². The van der Waals surface area contributed by atoms with Gasteiger partial charge in [-0.2, -0.15) is 0 Å². The maximum absolute atomic E-state index is 9.61. The molecule has 0 saturated heterocycles. The molecule has 0 radical (unpaired) electrons. The van der Waals surface area contributed by atoms with Gasteiger partial charge in [0, 0.05) is 5.41 Å². The molecule has 4 rings (SSSR count). The first kappa shape index (κ1) is 13.9. The van der Waals surface area contributed by atoms with E-state index in [4.69, 9.17) is 0 Å². The highest BCUT2D eigenvalue weighted by atomic mass is 16.3. The molecule has 0 heterocycles. The lowest BCUT2D eigenvalue weighted by Crippen LogP contribution is -2.30. The number of benzene rings is 2. The van der Waals surface area contributed by atoms with Crippen molar-refractivity contribution in [3.63, 3.8) is 0 Å². The van der Waals surface area contributed by atoms with E-state index in [0.29, 0.717) is 5.75 Å². The Morgan fingerprint density at radius 1 is 0.727 bits per heavy atom. The van der Waals surface area contributed by atoms with Crippen LogP contribution in [0.2, 0.25) is 0 Å². The highest BCUT2D eigenvalue weighted by molar-refractivity contribution is 5.43. The highest BCUT2D eigenvalue weighted by Crippen LogP contribution is 2.46. The second-order valence-electron chi connectivity index (χ2n) is 7.09. The van der Waals surface area contributed by atoms with Crippen LogP contribution in [0, 0.1) is 0 Å². The molecule has 0 amide bonds. The Kier molecular flexibility index (Phi) is 3.44. The summed E-state index contributed by atoms with van der Waals surface area (Å²) in [6, 6.07) is 17.4. The Morgan fingerprint density at radius 3 is 1.82 bits per heavy atom. The zero-order valence-corrected chi connectivity index (χ0v) is 13.1. The molecule has 114 valence electrons. The van der Waals surface area contributed by atoms with Crippen LogP contribution in [0.4, 0.5) is 0 Å². The maximum Gasteiger partial charge on any atom is 0.115 e. The Balaban J connectivity index is 1.74. The lowest BCUT2D eigenvalue weighted by molar-refractivity contribution is 0.345. The molecule has 0 unspecified atom stereocenters. The summed E-state index contributed by atoms with van der Waals surface area (Å²) < 4.78 is 0. The zero-order chi connectivity index (χ0) is 15.0. The molecular weight excluding hydrogens is 268 g/mol. The monoisotopic (exact) mass is 292 g/mol. The molecule has 2 aliphatic rings. The van der Waals surface area contributed by atoms with Crippen LogP contribution in [-0.4, -0.2) is 5.11 Å². The molecule has 1 nitrogen and oxygen atoms in total. The zero-order valence-electron chi connectivity index (χ0n) is 13.1. The molecule has 2 aromatic carbocycles. The van der Waals surface area contributed by atoms with Gasteiger partial charge in [-0.3, -0.25) is 0 Å². The van der Waals surface area contributed by atoms with Gasteiger partial charge in [-0.15, -0.1) is 0 Å². The molecule has 0 aliphatic heterocycles. The number of hydrogen-bond acceptors (Lipinski definition) is 1. The molecule has 0 aromatic heterocycles. The van der Waals surface area contributed by atoms with Gasteiger partial charge < -0.3 is 5.11 Å². The number of aromatic hydroxyl groups is 1. The van der Waals surface area contributed by atoms with E-state index in [1.807, 2.05) is 12.1 Å². The molecular formula is C21H24O. The molecule has 2 aromatic rings. The number of phenolic OH excluding ortho intramolecular Hbond substituents is 1. The third-order valence-electron chi connectivity index (χ3n) is 5.64. The summed E-state index contributed by atoms with van der Waals surface area (Å²) in [5.74, 6) is 1.18. The van der Waals surface area contributed by atoms with Crippen LogP contribution in [0.15, 0.2) is 48.5 Å². The third-order valence-corrected chi connectivity index (χ3v) is 5.64. The van der Waals surface area contributed by atoms with Crippen molar-refractivity contribution in [2.75, 3.05) is 0 Å². The molecule has 2 aliphatic carbocycles.